The monoisotopic (exact) mass is 274 g/mol. The fraction of sp³-hybridized carbons (Fsp3) is 0.267. The largest absolute Gasteiger partial charge is 0.507 e. The van der Waals surface area contributed by atoms with E-state index in [0.717, 1.165) is 12.0 Å². The van der Waals surface area contributed by atoms with E-state index < -0.39 is 5.97 Å². The number of benzene rings is 1. The van der Waals surface area contributed by atoms with Crippen molar-refractivity contribution < 1.29 is 14.6 Å². The van der Waals surface area contributed by atoms with E-state index in [2.05, 4.69) is 16.3 Å². The maximum absolute atomic E-state index is 11.5. The third kappa shape index (κ3) is 2.47. The third-order valence-corrected chi connectivity index (χ3v) is 3.24. The number of nitrogen functional groups attached to an aromatic ring is 1. The number of aromatic nitrogens is 1. The number of carbonyl (C=O) groups excluding carboxylic acids is 1. The molecule has 0 radical (unpaired) electrons. The summed E-state index contributed by atoms with van der Waals surface area (Å²) in [6, 6.07) is 3.29. The molecule has 1 heterocycles. The highest BCUT2D eigenvalue weighted by Gasteiger charge is 2.16. The van der Waals surface area contributed by atoms with Gasteiger partial charge < -0.3 is 20.6 Å². The molecule has 0 amide bonds. The number of ether oxygens (including phenoxy) is 1. The Bertz CT molecular complexity index is 686. The first-order chi connectivity index (χ1) is 9.43. The van der Waals surface area contributed by atoms with Crippen LogP contribution in [0.15, 0.2) is 24.3 Å². The Balaban J connectivity index is 2.50. The highest BCUT2D eigenvalue weighted by atomic mass is 16.5. The van der Waals surface area contributed by atoms with Crippen molar-refractivity contribution in [2.45, 2.75) is 19.8 Å². The molecule has 0 saturated heterocycles. The normalized spacial score (nSPS) is 10.7. The fourth-order valence-electron chi connectivity index (χ4n) is 2.14. The van der Waals surface area contributed by atoms with Gasteiger partial charge in [0.15, 0.2) is 0 Å². The Morgan fingerprint density at radius 2 is 2.20 bits per heavy atom. The predicted octanol–water partition coefficient (Wildman–Crippen LogP) is 2.75. The number of anilines is 1. The summed E-state index contributed by atoms with van der Waals surface area (Å²) in [5, 5.41) is 10.9. The van der Waals surface area contributed by atoms with Crippen LogP contribution in [-0.2, 0) is 11.2 Å². The molecular formula is C15H18N2O3. The lowest BCUT2D eigenvalue weighted by Crippen LogP contribution is -2.00. The smallest absolute Gasteiger partial charge is 0.354 e. The molecule has 4 N–H and O–H groups in total. The third-order valence-electron chi connectivity index (χ3n) is 3.24. The number of fused-ring (bicyclic) bond motifs is 1. The molecule has 0 unspecified atom stereocenters. The average Bonchev–Trinajstić information content (AvgIpc) is 2.81. The molecule has 0 fully saturated rings. The molecule has 2 aromatic rings. The van der Waals surface area contributed by atoms with Crippen molar-refractivity contribution in [1.82, 2.24) is 4.98 Å². The van der Waals surface area contributed by atoms with E-state index in [1.165, 1.54) is 7.11 Å². The first-order valence-electron chi connectivity index (χ1n) is 6.29. The molecular weight excluding hydrogens is 256 g/mol. The molecule has 0 aliphatic rings. The first kappa shape index (κ1) is 14.0. The second kappa shape index (κ2) is 5.28. The maximum atomic E-state index is 11.5. The van der Waals surface area contributed by atoms with E-state index in [0.29, 0.717) is 28.6 Å². The molecule has 5 heteroatoms. The van der Waals surface area contributed by atoms with Gasteiger partial charge in [0.25, 0.3) is 0 Å². The van der Waals surface area contributed by atoms with Crippen molar-refractivity contribution in [2.24, 2.45) is 0 Å². The van der Waals surface area contributed by atoms with Crippen molar-refractivity contribution in [3.05, 3.63) is 35.5 Å². The summed E-state index contributed by atoms with van der Waals surface area (Å²) in [4.78, 5) is 14.4. The van der Waals surface area contributed by atoms with Crippen LogP contribution in [-0.4, -0.2) is 23.2 Å². The summed E-state index contributed by atoms with van der Waals surface area (Å²) in [5.41, 5.74) is 9.06. The molecule has 5 nitrogen and oxygen atoms in total. The SMILES string of the molecule is C=C(C)CCc1c(N)cc2[nH]c(C(=O)OC)cc2c1O. The van der Waals surface area contributed by atoms with Crippen LogP contribution in [0.5, 0.6) is 5.75 Å². The van der Waals surface area contributed by atoms with E-state index in [1.54, 1.807) is 12.1 Å². The highest BCUT2D eigenvalue weighted by Crippen LogP contribution is 2.35. The lowest BCUT2D eigenvalue weighted by atomic mass is 10.0. The summed E-state index contributed by atoms with van der Waals surface area (Å²) in [7, 11) is 1.31. The molecule has 1 aromatic carbocycles. The van der Waals surface area contributed by atoms with E-state index in [4.69, 9.17) is 5.73 Å². The second-order valence-electron chi connectivity index (χ2n) is 4.89. The Morgan fingerprint density at radius 1 is 1.50 bits per heavy atom. The number of carbonyl (C=O) groups is 1. The van der Waals surface area contributed by atoms with Crippen molar-refractivity contribution >= 4 is 22.6 Å². The van der Waals surface area contributed by atoms with Crippen LogP contribution in [0.4, 0.5) is 5.69 Å². The van der Waals surface area contributed by atoms with Crippen molar-refractivity contribution in [1.29, 1.82) is 0 Å². The number of esters is 1. The molecule has 106 valence electrons. The lowest BCUT2D eigenvalue weighted by Gasteiger charge is -2.09. The van der Waals surface area contributed by atoms with Crippen molar-refractivity contribution in [2.75, 3.05) is 12.8 Å². The van der Waals surface area contributed by atoms with Crippen LogP contribution in [0.1, 0.15) is 29.4 Å². The van der Waals surface area contributed by atoms with E-state index in [-0.39, 0.29) is 11.4 Å². The summed E-state index contributed by atoms with van der Waals surface area (Å²) in [6.07, 6.45) is 1.36. The number of hydrogen-bond donors (Lipinski definition) is 3. The number of rotatable bonds is 4. The van der Waals surface area contributed by atoms with Crippen LogP contribution in [0.2, 0.25) is 0 Å². The number of methoxy groups -OCH3 is 1. The molecule has 0 bridgehead atoms. The van der Waals surface area contributed by atoms with Gasteiger partial charge in [-0.05, 0) is 31.9 Å². The van der Waals surface area contributed by atoms with Crippen LogP contribution in [0.25, 0.3) is 10.9 Å². The first-order valence-corrected chi connectivity index (χ1v) is 6.29. The quantitative estimate of drug-likeness (QED) is 0.454. The Kier molecular flexibility index (Phi) is 3.70. The number of nitrogens with one attached hydrogen (secondary N) is 1. The number of phenolic OH excluding ortho intramolecular Hbond substituents is 1. The van der Waals surface area contributed by atoms with Crippen LogP contribution < -0.4 is 5.73 Å². The van der Waals surface area contributed by atoms with Gasteiger partial charge in [0.2, 0.25) is 0 Å². The van der Waals surface area contributed by atoms with Gasteiger partial charge in [0.1, 0.15) is 11.4 Å². The molecule has 0 aliphatic carbocycles. The Hall–Kier alpha value is -2.43. The number of aromatic amines is 1. The van der Waals surface area contributed by atoms with Gasteiger partial charge in [-0.1, -0.05) is 5.57 Å². The van der Waals surface area contributed by atoms with E-state index in [9.17, 15) is 9.90 Å². The predicted molar refractivity (Wildman–Crippen MR) is 78.9 cm³/mol. The fourth-order valence-corrected chi connectivity index (χ4v) is 2.14. The van der Waals surface area contributed by atoms with Crippen molar-refractivity contribution in [3.8, 4) is 5.75 Å². The zero-order chi connectivity index (χ0) is 14.9. The zero-order valence-corrected chi connectivity index (χ0v) is 11.6. The van der Waals surface area contributed by atoms with Gasteiger partial charge in [-0.25, -0.2) is 4.79 Å². The average molecular weight is 274 g/mol. The minimum atomic E-state index is -0.484. The van der Waals surface area contributed by atoms with Crippen molar-refractivity contribution in [3.63, 3.8) is 0 Å². The summed E-state index contributed by atoms with van der Waals surface area (Å²) >= 11 is 0. The Morgan fingerprint density at radius 3 is 2.80 bits per heavy atom. The number of nitrogens with two attached hydrogens (primary N) is 1. The van der Waals surface area contributed by atoms with Gasteiger partial charge in [0.05, 0.1) is 12.6 Å². The number of allylic oxidation sites excluding steroid dienone is 1. The van der Waals surface area contributed by atoms with Gasteiger partial charge in [-0.3, -0.25) is 0 Å². The lowest BCUT2D eigenvalue weighted by molar-refractivity contribution is 0.0595. The van der Waals surface area contributed by atoms with Crippen LogP contribution >= 0.6 is 0 Å². The number of H-pyrrole nitrogens is 1. The molecule has 2 rings (SSSR count). The molecule has 20 heavy (non-hydrogen) atoms. The number of phenols is 1. The molecule has 0 spiro atoms. The standard InChI is InChI=1S/C15H18N2O3/c1-8(2)4-5-9-11(16)7-12-10(14(9)18)6-13(17-12)15(19)20-3/h6-7,17-18H,1,4-5,16H2,2-3H3. The number of aromatic hydroxyl groups is 1. The second-order valence-corrected chi connectivity index (χ2v) is 4.89. The summed E-state index contributed by atoms with van der Waals surface area (Å²) in [6.45, 7) is 5.77. The van der Waals surface area contributed by atoms with Gasteiger partial charge in [-0.15, -0.1) is 6.58 Å². The maximum Gasteiger partial charge on any atom is 0.354 e. The van der Waals surface area contributed by atoms with Gasteiger partial charge in [-0.2, -0.15) is 0 Å². The van der Waals surface area contributed by atoms with E-state index in [1.807, 2.05) is 6.92 Å². The Labute approximate surface area is 117 Å². The zero-order valence-electron chi connectivity index (χ0n) is 11.6. The molecule has 0 aliphatic heterocycles. The number of hydrogen-bond acceptors (Lipinski definition) is 4. The summed E-state index contributed by atoms with van der Waals surface area (Å²) < 4.78 is 4.65. The molecule has 0 saturated carbocycles. The molecule has 0 atom stereocenters. The van der Waals surface area contributed by atoms with Gasteiger partial charge in [0, 0.05) is 16.6 Å². The van der Waals surface area contributed by atoms with E-state index >= 15 is 0 Å². The van der Waals surface area contributed by atoms with Crippen LogP contribution in [0, 0.1) is 0 Å². The summed E-state index contributed by atoms with van der Waals surface area (Å²) in [5.74, 6) is -0.379. The topological polar surface area (TPSA) is 88.3 Å². The minimum Gasteiger partial charge on any atom is -0.507 e. The van der Waals surface area contributed by atoms with Crippen LogP contribution in [0.3, 0.4) is 0 Å². The highest BCUT2D eigenvalue weighted by molar-refractivity contribution is 5.99. The minimum absolute atomic E-state index is 0.104. The van der Waals surface area contributed by atoms with Gasteiger partial charge >= 0.3 is 5.97 Å². The molecule has 1 aromatic heterocycles.